The molecule has 1 heterocycles. The Kier molecular flexibility index (Phi) is 3.96. The summed E-state index contributed by atoms with van der Waals surface area (Å²) in [4.78, 5) is 12.0. The molecule has 1 fully saturated rings. The molecule has 1 aromatic rings. The van der Waals surface area contributed by atoms with Gasteiger partial charge in [-0.15, -0.1) is 0 Å². The Morgan fingerprint density at radius 2 is 2.00 bits per heavy atom. The molecule has 1 aromatic carbocycles. The summed E-state index contributed by atoms with van der Waals surface area (Å²) in [5.41, 5.74) is 1.23. The van der Waals surface area contributed by atoms with Crippen LogP contribution in [0.1, 0.15) is 12.8 Å². The molecule has 1 saturated carbocycles. The largest absolute Gasteiger partial charge is 0.383 e. The van der Waals surface area contributed by atoms with Crippen LogP contribution in [0.3, 0.4) is 0 Å². The second-order valence-corrected chi connectivity index (χ2v) is 7.10. The summed E-state index contributed by atoms with van der Waals surface area (Å²) in [5.74, 6) is -0.340. The normalized spacial score (nSPS) is 19.1. The zero-order chi connectivity index (χ0) is 15.7. The van der Waals surface area contributed by atoms with Crippen LogP contribution in [-0.4, -0.2) is 47.2 Å². The summed E-state index contributed by atoms with van der Waals surface area (Å²) in [6.07, 6.45) is 1.73. The van der Waals surface area contributed by atoms with Crippen LogP contribution < -0.4 is 13.9 Å². The maximum absolute atomic E-state index is 12.7. The van der Waals surface area contributed by atoms with Gasteiger partial charge in [0.2, 0.25) is 5.91 Å². The molecule has 1 amide bonds. The van der Waals surface area contributed by atoms with Crippen LogP contribution >= 0.6 is 0 Å². The Morgan fingerprint density at radius 1 is 1.32 bits per heavy atom. The first kappa shape index (κ1) is 15.1. The van der Waals surface area contributed by atoms with Gasteiger partial charge in [-0.3, -0.25) is 4.79 Å². The highest BCUT2D eigenvalue weighted by molar-refractivity contribution is 7.94. The number of ether oxygens (including phenoxy) is 1. The summed E-state index contributed by atoms with van der Waals surface area (Å²) in [6, 6.07) is 7.13. The van der Waals surface area contributed by atoms with Gasteiger partial charge in [-0.2, -0.15) is 8.42 Å². The second-order valence-electron chi connectivity index (χ2n) is 5.37. The van der Waals surface area contributed by atoms with E-state index in [4.69, 9.17) is 4.74 Å². The summed E-state index contributed by atoms with van der Waals surface area (Å²) < 4.78 is 33.0. The van der Waals surface area contributed by atoms with Crippen molar-refractivity contribution >= 4 is 27.5 Å². The third-order valence-corrected chi connectivity index (χ3v) is 5.58. The lowest BCUT2D eigenvalue weighted by Gasteiger charge is -2.21. The van der Waals surface area contributed by atoms with Gasteiger partial charge >= 0.3 is 10.2 Å². The quantitative estimate of drug-likeness (QED) is 0.772. The van der Waals surface area contributed by atoms with Crippen molar-refractivity contribution in [2.75, 3.05) is 35.4 Å². The molecule has 0 aromatic heterocycles. The number of carbonyl (C=O) groups excluding carboxylic acids is 1. The van der Waals surface area contributed by atoms with Crippen molar-refractivity contribution in [3.8, 4) is 0 Å². The van der Waals surface area contributed by atoms with Crippen molar-refractivity contribution in [2.45, 2.75) is 18.9 Å². The van der Waals surface area contributed by atoms with E-state index in [0.29, 0.717) is 24.5 Å². The lowest BCUT2D eigenvalue weighted by Crippen LogP contribution is -2.44. The van der Waals surface area contributed by atoms with Gasteiger partial charge in [-0.25, -0.2) is 8.61 Å². The van der Waals surface area contributed by atoms with Crippen LogP contribution in [0.5, 0.6) is 0 Å². The summed E-state index contributed by atoms with van der Waals surface area (Å²) >= 11 is 0. The van der Waals surface area contributed by atoms with E-state index >= 15 is 0 Å². The Balaban J connectivity index is 1.82. The summed E-state index contributed by atoms with van der Waals surface area (Å²) in [7, 11) is -2.13. The third-order valence-electron chi connectivity index (χ3n) is 3.71. The fourth-order valence-electron chi connectivity index (χ4n) is 2.56. The molecule has 0 saturated heterocycles. The van der Waals surface area contributed by atoms with Crippen LogP contribution in [0, 0.1) is 0 Å². The van der Waals surface area contributed by atoms with Crippen molar-refractivity contribution in [1.82, 2.24) is 5.32 Å². The Hall–Kier alpha value is -1.80. The Bertz CT molecular complexity index is 672. The number of hydrogen-bond donors (Lipinski definition) is 1. The van der Waals surface area contributed by atoms with E-state index in [0.717, 1.165) is 12.8 Å². The van der Waals surface area contributed by atoms with Crippen molar-refractivity contribution < 1.29 is 17.9 Å². The third kappa shape index (κ3) is 2.64. The highest BCUT2D eigenvalue weighted by atomic mass is 32.2. The standard InChI is InChI=1S/C14H19N3O4S/c1-21-9-8-15-14(18)10-16-12-4-2-3-5-13(12)17(11-6-7-11)22(16,19)20/h2-5,11H,6-10H2,1H3,(H,15,18). The van der Waals surface area contributed by atoms with Crippen LogP contribution in [0.15, 0.2) is 24.3 Å². The number of benzene rings is 1. The SMILES string of the molecule is COCCNC(=O)CN1c2ccccc2N(C2CC2)S1(=O)=O. The lowest BCUT2D eigenvalue weighted by molar-refractivity contribution is -0.119. The highest BCUT2D eigenvalue weighted by Gasteiger charge is 2.47. The molecule has 1 aliphatic heterocycles. The number of nitrogens with zero attached hydrogens (tertiary/aromatic N) is 2. The monoisotopic (exact) mass is 325 g/mol. The number of hydrogen-bond acceptors (Lipinski definition) is 4. The first-order chi connectivity index (χ1) is 10.6. The molecule has 120 valence electrons. The maximum atomic E-state index is 12.7. The fourth-order valence-corrected chi connectivity index (χ4v) is 4.44. The lowest BCUT2D eigenvalue weighted by atomic mass is 10.2. The van der Waals surface area contributed by atoms with Crippen molar-refractivity contribution in [3.05, 3.63) is 24.3 Å². The Morgan fingerprint density at radius 3 is 2.64 bits per heavy atom. The molecule has 0 unspecified atom stereocenters. The number of methoxy groups -OCH3 is 1. The summed E-state index contributed by atoms with van der Waals surface area (Å²) in [6.45, 7) is 0.534. The van der Waals surface area contributed by atoms with Gasteiger partial charge in [0.15, 0.2) is 0 Å². The van der Waals surface area contributed by atoms with E-state index in [-0.39, 0.29) is 18.5 Å². The highest BCUT2D eigenvalue weighted by Crippen LogP contribution is 2.46. The molecule has 0 bridgehead atoms. The number of amides is 1. The predicted octanol–water partition coefficient (Wildman–Crippen LogP) is 0.483. The molecule has 0 atom stereocenters. The molecule has 1 aliphatic carbocycles. The van der Waals surface area contributed by atoms with E-state index in [9.17, 15) is 13.2 Å². The van der Waals surface area contributed by atoms with E-state index in [1.54, 1.807) is 25.3 Å². The van der Waals surface area contributed by atoms with Crippen LogP contribution in [0.2, 0.25) is 0 Å². The number of rotatable bonds is 6. The van der Waals surface area contributed by atoms with Crippen molar-refractivity contribution in [3.63, 3.8) is 0 Å². The smallest absolute Gasteiger partial charge is 0.327 e. The molecule has 22 heavy (non-hydrogen) atoms. The zero-order valence-electron chi connectivity index (χ0n) is 12.4. The fraction of sp³-hybridized carbons (Fsp3) is 0.500. The van der Waals surface area contributed by atoms with Crippen molar-refractivity contribution in [1.29, 1.82) is 0 Å². The molecular weight excluding hydrogens is 306 g/mol. The molecule has 7 nitrogen and oxygen atoms in total. The van der Waals surface area contributed by atoms with Gasteiger partial charge in [0.25, 0.3) is 0 Å². The molecule has 1 N–H and O–H groups in total. The first-order valence-electron chi connectivity index (χ1n) is 7.22. The number of anilines is 2. The van der Waals surface area contributed by atoms with Crippen molar-refractivity contribution in [2.24, 2.45) is 0 Å². The first-order valence-corrected chi connectivity index (χ1v) is 8.62. The minimum atomic E-state index is -3.67. The van der Waals surface area contributed by atoms with E-state index in [2.05, 4.69) is 5.32 Å². The van der Waals surface area contributed by atoms with Gasteiger partial charge in [-0.05, 0) is 25.0 Å². The van der Waals surface area contributed by atoms with E-state index in [1.807, 2.05) is 6.07 Å². The topological polar surface area (TPSA) is 79.0 Å². The average Bonchev–Trinajstić information content (AvgIpc) is 3.27. The second kappa shape index (κ2) is 5.77. The molecule has 3 rings (SSSR count). The van der Waals surface area contributed by atoms with Gasteiger partial charge < -0.3 is 10.1 Å². The predicted molar refractivity (Wildman–Crippen MR) is 83.1 cm³/mol. The molecule has 8 heteroatoms. The zero-order valence-corrected chi connectivity index (χ0v) is 13.2. The minimum Gasteiger partial charge on any atom is -0.383 e. The van der Waals surface area contributed by atoms with Crippen LogP contribution in [0.4, 0.5) is 11.4 Å². The van der Waals surface area contributed by atoms with Gasteiger partial charge in [0, 0.05) is 19.7 Å². The number of nitrogens with one attached hydrogen (secondary N) is 1. The number of para-hydroxylation sites is 2. The summed E-state index contributed by atoms with van der Waals surface area (Å²) in [5, 5.41) is 2.65. The maximum Gasteiger partial charge on any atom is 0.327 e. The molecule has 0 spiro atoms. The van der Waals surface area contributed by atoms with E-state index in [1.165, 1.54) is 8.61 Å². The minimum absolute atomic E-state index is 0.0210. The van der Waals surface area contributed by atoms with Gasteiger partial charge in [0.1, 0.15) is 6.54 Å². The molecular formula is C14H19N3O4S. The van der Waals surface area contributed by atoms with Crippen LogP contribution in [0.25, 0.3) is 0 Å². The van der Waals surface area contributed by atoms with E-state index < -0.39 is 10.2 Å². The van der Waals surface area contributed by atoms with Gasteiger partial charge in [-0.1, -0.05) is 12.1 Å². The molecule has 2 aliphatic rings. The number of carbonyl (C=O) groups is 1. The average molecular weight is 325 g/mol. The van der Waals surface area contributed by atoms with Gasteiger partial charge in [0.05, 0.1) is 18.0 Å². The molecule has 0 radical (unpaired) electrons. The van der Waals surface area contributed by atoms with Crippen LogP contribution in [-0.2, 0) is 19.7 Å². The number of fused-ring (bicyclic) bond motifs is 1. The Labute approximate surface area is 130 Å².